The Morgan fingerprint density at radius 3 is 2.59 bits per heavy atom. The topological polar surface area (TPSA) is 37.2 Å². The molecule has 0 radical (unpaired) electrons. The zero-order valence-electron chi connectivity index (χ0n) is 13.0. The molecule has 0 aliphatic carbocycles. The van der Waals surface area contributed by atoms with E-state index in [1.807, 2.05) is 25.2 Å². The first kappa shape index (κ1) is 14.8. The number of likely N-dealkylation sites (N-methyl/N-ethyl adjacent to an activating group) is 1. The molecule has 3 heteroatoms. The second kappa shape index (κ2) is 6.34. The SMILES string of the molecule is CNCC(O)C(c1ccccc1)n1ccc2cc(C)ccc21. The van der Waals surface area contributed by atoms with Crippen LogP contribution in [0.15, 0.2) is 60.8 Å². The third-order valence-corrected chi connectivity index (χ3v) is 4.09. The fourth-order valence-corrected chi connectivity index (χ4v) is 3.07. The van der Waals surface area contributed by atoms with Gasteiger partial charge in [0.1, 0.15) is 0 Å². The lowest BCUT2D eigenvalue weighted by atomic mass is 10.0. The van der Waals surface area contributed by atoms with E-state index in [2.05, 4.69) is 59.4 Å². The van der Waals surface area contributed by atoms with Crippen molar-refractivity contribution in [2.24, 2.45) is 0 Å². The number of nitrogens with zero attached hydrogens (tertiary/aromatic N) is 1. The summed E-state index contributed by atoms with van der Waals surface area (Å²) < 4.78 is 2.17. The highest BCUT2D eigenvalue weighted by molar-refractivity contribution is 5.81. The van der Waals surface area contributed by atoms with Gasteiger partial charge in [-0.25, -0.2) is 0 Å². The minimum absolute atomic E-state index is 0.103. The first-order chi connectivity index (χ1) is 10.7. The van der Waals surface area contributed by atoms with Gasteiger partial charge in [0.25, 0.3) is 0 Å². The van der Waals surface area contributed by atoms with Crippen LogP contribution >= 0.6 is 0 Å². The van der Waals surface area contributed by atoms with Gasteiger partial charge in [0.15, 0.2) is 0 Å². The molecule has 0 saturated heterocycles. The van der Waals surface area contributed by atoms with Crippen LogP contribution in [-0.4, -0.2) is 29.4 Å². The van der Waals surface area contributed by atoms with Crippen LogP contribution < -0.4 is 5.32 Å². The van der Waals surface area contributed by atoms with Gasteiger partial charge in [-0.05, 0) is 43.1 Å². The van der Waals surface area contributed by atoms with Crippen molar-refractivity contribution in [1.82, 2.24) is 9.88 Å². The van der Waals surface area contributed by atoms with Gasteiger partial charge in [-0.3, -0.25) is 0 Å². The van der Waals surface area contributed by atoms with Gasteiger partial charge >= 0.3 is 0 Å². The molecule has 0 saturated carbocycles. The van der Waals surface area contributed by atoms with Crippen LogP contribution in [-0.2, 0) is 0 Å². The van der Waals surface area contributed by atoms with Gasteiger partial charge in [0, 0.05) is 18.3 Å². The molecule has 0 aliphatic heterocycles. The van der Waals surface area contributed by atoms with Crippen molar-refractivity contribution in [3.8, 4) is 0 Å². The number of aryl methyl sites for hydroxylation is 1. The summed E-state index contributed by atoms with van der Waals surface area (Å²) >= 11 is 0. The van der Waals surface area contributed by atoms with Crippen LogP contribution in [0.3, 0.4) is 0 Å². The number of aliphatic hydroxyl groups is 1. The maximum Gasteiger partial charge on any atom is 0.0912 e. The summed E-state index contributed by atoms with van der Waals surface area (Å²) in [5.41, 5.74) is 3.51. The lowest BCUT2D eigenvalue weighted by Crippen LogP contribution is -2.33. The number of aromatic nitrogens is 1. The van der Waals surface area contributed by atoms with Crippen molar-refractivity contribution < 1.29 is 5.11 Å². The van der Waals surface area contributed by atoms with Crippen molar-refractivity contribution in [1.29, 1.82) is 0 Å². The molecule has 114 valence electrons. The maximum atomic E-state index is 10.7. The van der Waals surface area contributed by atoms with E-state index in [9.17, 15) is 5.11 Å². The van der Waals surface area contributed by atoms with Gasteiger partial charge in [0.05, 0.1) is 12.1 Å². The zero-order chi connectivity index (χ0) is 15.5. The number of benzene rings is 2. The molecule has 2 atom stereocenters. The van der Waals surface area contributed by atoms with E-state index in [1.54, 1.807) is 0 Å². The van der Waals surface area contributed by atoms with Gasteiger partial charge in [0.2, 0.25) is 0 Å². The Kier molecular flexibility index (Phi) is 4.27. The van der Waals surface area contributed by atoms with Gasteiger partial charge in [-0.2, -0.15) is 0 Å². The van der Waals surface area contributed by atoms with Crippen molar-refractivity contribution in [2.45, 2.75) is 19.1 Å². The molecule has 3 aromatic rings. The largest absolute Gasteiger partial charge is 0.389 e. The Morgan fingerprint density at radius 2 is 1.86 bits per heavy atom. The van der Waals surface area contributed by atoms with Crippen molar-refractivity contribution >= 4 is 10.9 Å². The molecule has 2 unspecified atom stereocenters. The standard InChI is InChI=1S/C19H22N2O/c1-14-8-9-17-16(12-14)10-11-21(17)19(18(22)13-20-2)15-6-4-3-5-7-15/h3-12,18-20,22H,13H2,1-2H3. The van der Waals surface area contributed by atoms with Crippen LogP contribution in [0, 0.1) is 6.92 Å². The second-order valence-corrected chi connectivity index (χ2v) is 5.77. The van der Waals surface area contributed by atoms with Crippen LogP contribution in [0.2, 0.25) is 0 Å². The van der Waals surface area contributed by atoms with E-state index >= 15 is 0 Å². The van der Waals surface area contributed by atoms with E-state index in [4.69, 9.17) is 0 Å². The number of aliphatic hydroxyl groups excluding tert-OH is 1. The highest BCUT2D eigenvalue weighted by Gasteiger charge is 2.23. The molecule has 0 amide bonds. The molecular weight excluding hydrogens is 272 g/mol. The summed E-state index contributed by atoms with van der Waals surface area (Å²) in [5.74, 6) is 0. The predicted molar refractivity (Wildman–Crippen MR) is 91.2 cm³/mol. The normalized spacial score (nSPS) is 14.1. The second-order valence-electron chi connectivity index (χ2n) is 5.77. The van der Waals surface area contributed by atoms with Crippen LogP contribution in [0.4, 0.5) is 0 Å². The monoisotopic (exact) mass is 294 g/mol. The van der Waals surface area contributed by atoms with Crippen molar-refractivity contribution in [3.05, 3.63) is 71.9 Å². The minimum atomic E-state index is -0.496. The number of hydrogen-bond acceptors (Lipinski definition) is 2. The fourth-order valence-electron chi connectivity index (χ4n) is 3.07. The van der Waals surface area contributed by atoms with Gasteiger partial charge in [-0.15, -0.1) is 0 Å². The van der Waals surface area contributed by atoms with E-state index < -0.39 is 6.10 Å². The van der Waals surface area contributed by atoms with E-state index in [1.165, 1.54) is 10.9 Å². The maximum absolute atomic E-state index is 10.7. The summed E-state index contributed by atoms with van der Waals surface area (Å²) in [6, 6.07) is 18.6. The fraction of sp³-hybridized carbons (Fsp3) is 0.263. The summed E-state index contributed by atoms with van der Waals surface area (Å²) in [5, 5.41) is 14.9. The zero-order valence-corrected chi connectivity index (χ0v) is 13.0. The smallest absolute Gasteiger partial charge is 0.0912 e. The molecular formula is C19H22N2O. The molecule has 1 heterocycles. The summed E-state index contributed by atoms with van der Waals surface area (Å²) in [7, 11) is 1.86. The van der Waals surface area contributed by atoms with Crippen LogP contribution in [0.25, 0.3) is 10.9 Å². The highest BCUT2D eigenvalue weighted by atomic mass is 16.3. The van der Waals surface area contributed by atoms with Gasteiger partial charge < -0.3 is 15.0 Å². The molecule has 22 heavy (non-hydrogen) atoms. The Balaban J connectivity index is 2.11. The van der Waals surface area contributed by atoms with Crippen molar-refractivity contribution in [3.63, 3.8) is 0 Å². The molecule has 0 fully saturated rings. The molecule has 3 nitrogen and oxygen atoms in total. The number of hydrogen-bond donors (Lipinski definition) is 2. The summed E-state index contributed by atoms with van der Waals surface area (Å²) in [4.78, 5) is 0. The van der Waals surface area contributed by atoms with E-state index in [0.717, 1.165) is 11.1 Å². The average molecular weight is 294 g/mol. The molecule has 1 aromatic heterocycles. The Labute approximate surface area is 131 Å². The minimum Gasteiger partial charge on any atom is -0.389 e. The third-order valence-electron chi connectivity index (χ3n) is 4.09. The number of fused-ring (bicyclic) bond motifs is 1. The van der Waals surface area contributed by atoms with E-state index in [-0.39, 0.29) is 6.04 Å². The lowest BCUT2D eigenvalue weighted by molar-refractivity contribution is 0.132. The molecule has 2 aromatic carbocycles. The number of rotatable bonds is 5. The first-order valence-corrected chi connectivity index (χ1v) is 7.65. The van der Waals surface area contributed by atoms with E-state index in [0.29, 0.717) is 6.54 Å². The van der Waals surface area contributed by atoms with Gasteiger partial charge in [-0.1, -0.05) is 42.0 Å². The molecule has 2 N–H and O–H groups in total. The Bertz CT molecular complexity index is 748. The summed E-state index contributed by atoms with van der Waals surface area (Å²) in [6.45, 7) is 2.65. The molecule has 0 spiro atoms. The highest BCUT2D eigenvalue weighted by Crippen LogP contribution is 2.28. The lowest BCUT2D eigenvalue weighted by Gasteiger charge is -2.26. The molecule has 0 bridgehead atoms. The molecule has 3 rings (SSSR count). The predicted octanol–water partition coefficient (Wildman–Crippen LogP) is 3.12. The summed E-state index contributed by atoms with van der Waals surface area (Å²) in [6.07, 6.45) is 1.57. The molecule has 0 aliphatic rings. The number of nitrogens with one attached hydrogen (secondary N) is 1. The van der Waals surface area contributed by atoms with Crippen LogP contribution in [0.1, 0.15) is 17.2 Å². The third kappa shape index (κ3) is 2.78. The Morgan fingerprint density at radius 1 is 1.09 bits per heavy atom. The average Bonchev–Trinajstić information content (AvgIpc) is 2.92. The quantitative estimate of drug-likeness (QED) is 0.758. The van der Waals surface area contributed by atoms with Crippen LogP contribution in [0.5, 0.6) is 0 Å². The van der Waals surface area contributed by atoms with Crippen molar-refractivity contribution in [2.75, 3.05) is 13.6 Å². The first-order valence-electron chi connectivity index (χ1n) is 7.65. The Hall–Kier alpha value is -2.10.